The van der Waals surface area contributed by atoms with Crippen LogP contribution in [-0.2, 0) is 4.74 Å². The van der Waals surface area contributed by atoms with Crippen molar-refractivity contribution in [2.45, 2.75) is 63.0 Å². The summed E-state index contributed by atoms with van der Waals surface area (Å²) in [6.45, 7) is 2.31. The third kappa shape index (κ3) is 4.17. The molecule has 1 heterocycles. The van der Waals surface area contributed by atoms with Crippen molar-refractivity contribution >= 4 is 5.91 Å². The SMILES string of the molecule is O=C(NC1CCC2CC3CC(O)(C2)CC31)c1cccc(OCC2CCOCC2)c1. The number of amides is 1. The van der Waals surface area contributed by atoms with E-state index in [4.69, 9.17) is 9.47 Å². The normalized spacial score (nSPS) is 36.6. The minimum atomic E-state index is -0.473. The molecule has 1 aromatic rings. The molecule has 3 aliphatic carbocycles. The quantitative estimate of drug-likeness (QED) is 0.795. The highest BCUT2D eigenvalue weighted by molar-refractivity contribution is 5.94. The minimum Gasteiger partial charge on any atom is -0.493 e. The number of aliphatic hydroxyl groups is 1. The number of carbonyl (C=O) groups is 1. The monoisotopic (exact) mass is 399 g/mol. The summed E-state index contributed by atoms with van der Waals surface area (Å²) in [6.07, 6.45) is 8.21. The minimum absolute atomic E-state index is 0.0141. The van der Waals surface area contributed by atoms with Gasteiger partial charge in [-0.25, -0.2) is 0 Å². The van der Waals surface area contributed by atoms with E-state index in [9.17, 15) is 9.90 Å². The first-order valence-electron chi connectivity index (χ1n) is 11.4. The maximum atomic E-state index is 13.0. The zero-order valence-electron chi connectivity index (χ0n) is 17.1. The van der Waals surface area contributed by atoms with Crippen molar-refractivity contribution in [2.75, 3.05) is 19.8 Å². The van der Waals surface area contributed by atoms with Gasteiger partial charge in [0.2, 0.25) is 0 Å². The summed E-state index contributed by atoms with van der Waals surface area (Å²) in [5.74, 6) is 2.90. The van der Waals surface area contributed by atoms with E-state index in [1.165, 1.54) is 6.42 Å². The Kier molecular flexibility index (Phi) is 5.29. The molecule has 5 heteroatoms. The highest BCUT2D eigenvalue weighted by atomic mass is 16.5. The van der Waals surface area contributed by atoms with Gasteiger partial charge in [0.05, 0.1) is 12.2 Å². The molecule has 5 nitrogen and oxygen atoms in total. The second-order valence-corrected chi connectivity index (χ2v) is 9.91. The summed E-state index contributed by atoms with van der Waals surface area (Å²) in [7, 11) is 0. The van der Waals surface area contributed by atoms with Crippen LogP contribution >= 0.6 is 0 Å². The summed E-state index contributed by atoms with van der Waals surface area (Å²) < 4.78 is 11.4. The average molecular weight is 400 g/mol. The lowest BCUT2D eigenvalue weighted by molar-refractivity contribution is -0.00594. The van der Waals surface area contributed by atoms with Crippen LogP contribution in [-0.4, -0.2) is 42.5 Å². The van der Waals surface area contributed by atoms with Crippen molar-refractivity contribution in [3.05, 3.63) is 29.8 Å². The molecular formula is C24H33NO4. The van der Waals surface area contributed by atoms with E-state index in [1.54, 1.807) is 0 Å². The zero-order valence-corrected chi connectivity index (χ0v) is 17.1. The lowest BCUT2D eigenvalue weighted by Gasteiger charge is -2.33. The van der Waals surface area contributed by atoms with E-state index in [2.05, 4.69) is 5.32 Å². The Labute approximate surface area is 173 Å². The fourth-order valence-electron chi connectivity index (χ4n) is 6.41. The number of rotatable bonds is 5. The second-order valence-electron chi connectivity index (χ2n) is 9.91. The number of hydrogen-bond acceptors (Lipinski definition) is 4. The number of nitrogens with one attached hydrogen (secondary N) is 1. The molecular weight excluding hydrogens is 366 g/mol. The Bertz CT molecular complexity index is 746. The Morgan fingerprint density at radius 1 is 1.17 bits per heavy atom. The van der Waals surface area contributed by atoms with E-state index in [1.807, 2.05) is 24.3 Å². The summed E-state index contributed by atoms with van der Waals surface area (Å²) >= 11 is 0. The van der Waals surface area contributed by atoms with Crippen LogP contribution in [0, 0.1) is 23.7 Å². The Balaban J connectivity index is 1.22. The van der Waals surface area contributed by atoms with Crippen LogP contribution < -0.4 is 10.1 Å². The lowest BCUT2D eigenvalue weighted by Crippen LogP contribution is -2.41. The van der Waals surface area contributed by atoms with Crippen LogP contribution in [0.4, 0.5) is 0 Å². The molecule has 0 aromatic heterocycles. The molecule has 3 bridgehead atoms. The Hall–Kier alpha value is -1.59. The van der Waals surface area contributed by atoms with E-state index >= 15 is 0 Å². The number of carbonyl (C=O) groups excluding carboxylic acids is 1. The van der Waals surface area contributed by atoms with Crippen LogP contribution in [0.15, 0.2) is 24.3 Å². The molecule has 158 valence electrons. The number of ether oxygens (including phenoxy) is 2. The molecule has 5 atom stereocenters. The van der Waals surface area contributed by atoms with Gasteiger partial charge in [-0.15, -0.1) is 0 Å². The van der Waals surface area contributed by atoms with Gasteiger partial charge in [-0.2, -0.15) is 0 Å². The van der Waals surface area contributed by atoms with E-state index in [-0.39, 0.29) is 11.9 Å². The summed E-state index contributed by atoms with van der Waals surface area (Å²) in [5.41, 5.74) is 0.191. The van der Waals surface area contributed by atoms with Crippen LogP contribution in [0.5, 0.6) is 5.75 Å². The molecule has 1 aromatic carbocycles. The van der Waals surface area contributed by atoms with Crippen molar-refractivity contribution in [2.24, 2.45) is 23.7 Å². The topological polar surface area (TPSA) is 67.8 Å². The maximum Gasteiger partial charge on any atom is 0.251 e. The van der Waals surface area contributed by atoms with E-state index in [0.717, 1.165) is 63.9 Å². The molecule has 1 saturated heterocycles. The standard InChI is InChI=1S/C24H33NO4/c26-23(18-2-1-3-20(11-18)29-15-16-6-8-28-9-7-16)25-22-5-4-17-10-19-13-24(27,12-17)14-21(19)22/h1-3,11,16-17,19,21-22,27H,4-10,12-15H2,(H,25,26). The summed E-state index contributed by atoms with van der Waals surface area (Å²) in [6, 6.07) is 7.74. The first kappa shape index (κ1) is 19.4. The molecule has 4 fully saturated rings. The molecule has 5 unspecified atom stereocenters. The Morgan fingerprint density at radius 3 is 2.90 bits per heavy atom. The maximum absolute atomic E-state index is 13.0. The molecule has 1 aliphatic heterocycles. The molecule has 3 saturated carbocycles. The van der Waals surface area contributed by atoms with Crippen LogP contribution in [0.2, 0.25) is 0 Å². The van der Waals surface area contributed by atoms with E-state index < -0.39 is 5.60 Å². The van der Waals surface area contributed by atoms with Gasteiger partial charge in [0.1, 0.15) is 5.75 Å². The Morgan fingerprint density at radius 2 is 2.03 bits per heavy atom. The van der Waals surface area contributed by atoms with Gasteiger partial charge >= 0.3 is 0 Å². The predicted octanol–water partition coefficient (Wildman–Crippen LogP) is 3.55. The smallest absolute Gasteiger partial charge is 0.251 e. The first-order chi connectivity index (χ1) is 14.1. The number of hydrogen-bond donors (Lipinski definition) is 2. The highest BCUT2D eigenvalue weighted by Gasteiger charge is 2.53. The highest BCUT2D eigenvalue weighted by Crippen LogP contribution is 2.55. The largest absolute Gasteiger partial charge is 0.493 e. The molecule has 5 rings (SSSR count). The molecule has 1 amide bonds. The summed E-state index contributed by atoms with van der Waals surface area (Å²) in [4.78, 5) is 13.0. The van der Waals surface area contributed by atoms with Crippen molar-refractivity contribution in [3.63, 3.8) is 0 Å². The molecule has 0 radical (unpaired) electrons. The first-order valence-corrected chi connectivity index (χ1v) is 11.4. The van der Waals surface area contributed by atoms with Crippen LogP contribution in [0.25, 0.3) is 0 Å². The van der Waals surface area contributed by atoms with E-state index in [0.29, 0.717) is 35.8 Å². The van der Waals surface area contributed by atoms with Gasteiger partial charge in [0.15, 0.2) is 0 Å². The van der Waals surface area contributed by atoms with Crippen molar-refractivity contribution in [3.8, 4) is 5.75 Å². The fraction of sp³-hybridized carbons (Fsp3) is 0.708. The van der Waals surface area contributed by atoms with Crippen molar-refractivity contribution in [1.29, 1.82) is 0 Å². The predicted molar refractivity (Wildman–Crippen MR) is 110 cm³/mol. The number of benzene rings is 1. The number of fused-ring (bicyclic) bond motifs is 2. The molecule has 2 N–H and O–H groups in total. The van der Waals surface area contributed by atoms with Gasteiger partial charge in [0, 0.05) is 24.8 Å². The van der Waals surface area contributed by atoms with Crippen LogP contribution in [0.3, 0.4) is 0 Å². The van der Waals surface area contributed by atoms with Gasteiger partial charge < -0.3 is 19.9 Å². The van der Waals surface area contributed by atoms with Crippen molar-refractivity contribution in [1.82, 2.24) is 5.32 Å². The third-order valence-electron chi connectivity index (χ3n) is 7.81. The molecule has 0 spiro atoms. The molecule has 29 heavy (non-hydrogen) atoms. The third-order valence-corrected chi connectivity index (χ3v) is 7.81. The molecule has 4 aliphatic rings. The lowest BCUT2D eigenvalue weighted by atomic mass is 9.77. The van der Waals surface area contributed by atoms with Gasteiger partial charge in [0.25, 0.3) is 5.91 Å². The van der Waals surface area contributed by atoms with Gasteiger partial charge in [-0.05, 0) is 93.2 Å². The van der Waals surface area contributed by atoms with Gasteiger partial charge in [-0.3, -0.25) is 4.79 Å². The second kappa shape index (κ2) is 7.92. The van der Waals surface area contributed by atoms with Crippen molar-refractivity contribution < 1.29 is 19.4 Å². The zero-order chi connectivity index (χ0) is 19.8. The fourth-order valence-corrected chi connectivity index (χ4v) is 6.41. The average Bonchev–Trinajstić information content (AvgIpc) is 2.91. The van der Waals surface area contributed by atoms with Gasteiger partial charge in [-0.1, -0.05) is 6.07 Å². The van der Waals surface area contributed by atoms with Crippen LogP contribution in [0.1, 0.15) is 61.7 Å². The summed E-state index contributed by atoms with van der Waals surface area (Å²) in [5, 5.41) is 14.2.